The molecule has 7 heteroatoms. The summed E-state index contributed by atoms with van der Waals surface area (Å²) in [6.45, 7) is 2.86. The number of nitrogens with two attached hydrogens (primary N) is 1. The number of halogens is 1. The monoisotopic (exact) mass is 302 g/mol. The normalized spacial score (nSPS) is 9.95. The Morgan fingerprint density at radius 2 is 2.05 bits per heavy atom. The van der Waals surface area contributed by atoms with Gasteiger partial charge in [-0.15, -0.1) is 0 Å². The molecule has 0 saturated heterocycles. The molecule has 21 heavy (non-hydrogen) atoms. The summed E-state index contributed by atoms with van der Waals surface area (Å²) in [5, 5.41) is 15.5. The lowest BCUT2D eigenvalue weighted by Gasteiger charge is -2.10. The van der Waals surface area contributed by atoms with Gasteiger partial charge in [0.15, 0.2) is 0 Å². The smallest absolute Gasteiger partial charge is 0.223 e. The molecule has 2 rings (SSSR count). The van der Waals surface area contributed by atoms with Gasteiger partial charge in [-0.3, -0.25) is 0 Å². The van der Waals surface area contributed by atoms with Crippen molar-refractivity contribution in [3.63, 3.8) is 0 Å². The van der Waals surface area contributed by atoms with E-state index in [1.54, 1.807) is 24.3 Å². The van der Waals surface area contributed by atoms with E-state index in [2.05, 4.69) is 27.5 Å². The summed E-state index contributed by atoms with van der Waals surface area (Å²) >= 11 is 6.12. The lowest BCUT2D eigenvalue weighted by atomic mass is 10.2. The Hall–Kier alpha value is -2.52. The van der Waals surface area contributed by atoms with Gasteiger partial charge >= 0.3 is 0 Å². The zero-order chi connectivity index (χ0) is 15.2. The van der Waals surface area contributed by atoms with Gasteiger partial charge in [0.25, 0.3) is 0 Å². The van der Waals surface area contributed by atoms with Crippen molar-refractivity contribution in [3.05, 3.63) is 34.9 Å². The van der Waals surface area contributed by atoms with Crippen LogP contribution in [0.1, 0.15) is 18.9 Å². The molecular weight excluding hydrogens is 288 g/mol. The van der Waals surface area contributed by atoms with Crippen LogP contribution in [0.5, 0.6) is 0 Å². The first-order valence-electron chi connectivity index (χ1n) is 6.47. The highest BCUT2D eigenvalue weighted by molar-refractivity contribution is 6.33. The zero-order valence-corrected chi connectivity index (χ0v) is 12.3. The average molecular weight is 303 g/mol. The highest BCUT2D eigenvalue weighted by atomic mass is 35.5. The van der Waals surface area contributed by atoms with E-state index in [9.17, 15) is 0 Å². The lowest BCUT2D eigenvalue weighted by molar-refractivity contribution is 0.967. The number of rotatable bonds is 5. The molecule has 0 amide bonds. The molecule has 0 aliphatic heterocycles. The average Bonchev–Trinajstić information content (AvgIpc) is 2.46. The molecule has 0 atom stereocenters. The Kier molecular flexibility index (Phi) is 4.80. The largest absolute Gasteiger partial charge is 0.370 e. The summed E-state index contributed by atoms with van der Waals surface area (Å²) in [5.74, 6) is 1.35. The molecule has 0 aliphatic carbocycles. The first-order chi connectivity index (χ1) is 10.1. The number of anilines is 4. The van der Waals surface area contributed by atoms with Gasteiger partial charge in [-0.25, -0.2) is 0 Å². The van der Waals surface area contributed by atoms with Crippen LogP contribution in [0.25, 0.3) is 0 Å². The van der Waals surface area contributed by atoms with Crippen molar-refractivity contribution < 1.29 is 0 Å². The second-order valence-electron chi connectivity index (χ2n) is 4.35. The summed E-state index contributed by atoms with van der Waals surface area (Å²) in [5.41, 5.74) is 6.84. The van der Waals surface area contributed by atoms with Crippen molar-refractivity contribution in [3.8, 4) is 6.07 Å². The number of benzene rings is 1. The Morgan fingerprint density at radius 1 is 1.29 bits per heavy atom. The molecule has 0 radical (unpaired) electrons. The maximum Gasteiger partial charge on any atom is 0.223 e. The molecule has 6 nitrogen and oxygen atoms in total. The van der Waals surface area contributed by atoms with Crippen LogP contribution in [-0.4, -0.2) is 16.5 Å². The van der Waals surface area contributed by atoms with Crippen molar-refractivity contribution in [1.29, 1.82) is 5.26 Å². The fraction of sp³-hybridized carbons (Fsp3) is 0.214. The highest BCUT2D eigenvalue weighted by Crippen LogP contribution is 2.26. The molecule has 1 aromatic heterocycles. The Morgan fingerprint density at radius 3 is 2.71 bits per heavy atom. The lowest BCUT2D eigenvalue weighted by Crippen LogP contribution is -2.07. The van der Waals surface area contributed by atoms with E-state index in [4.69, 9.17) is 22.6 Å². The second-order valence-corrected chi connectivity index (χ2v) is 4.76. The van der Waals surface area contributed by atoms with Crippen molar-refractivity contribution in [2.45, 2.75) is 13.3 Å². The molecule has 1 aromatic carbocycles. The number of hydrogen-bond donors (Lipinski definition) is 3. The number of nitriles is 1. The molecule has 0 aliphatic rings. The van der Waals surface area contributed by atoms with Gasteiger partial charge < -0.3 is 16.4 Å². The minimum atomic E-state index is 0.170. The predicted octanol–water partition coefficient (Wildman–Crippen LogP) is 3.15. The van der Waals surface area contributed by atoms with Crippen LogP contribution in [0.4, 0.5) is 23.3 Å². The van der Waals surface area contributed by atoms with Crippen molar-refractivity contribution in [2.75, 3.05) is 22.9 Å². The van der Waals surface area contributed by atoms with E-state index in [0.29, 0.717) is 27.9 Å². The van der Waals surface area contributed by atoms with Crippen LogP contribution in [0.2, 0.25) is 5.02 Å². The summed E-state index contributed by atoms with van der Waals surface area (Å²) < 4.78 is 0. The van der Waals surface area contributed by atoms with Gasteiger partial charge in [0.05, 0.1) is 22.3 Å². The van der Waals surface area contributed by atoms with Crippen molar-refractivity contribution in [1.82, 2.24) is 9.97 Å². The van der Waals surface area contributed by atoms with Crippen molar-refractivity contribution in [2.24, 2.45) is 0 Å². The Bertz CT molecular complexity index is 680. The molecule has 1 heterocycles. The third-order valence-electron chi connectivity index (χ3n) is 2.66. The summed E-state index contributed by atoms with van der Waals surface area (Å²) in [6.07, 6.45) is 0.980. The number of hydrogen-bond acceptors (Lipinski definition) is 6. The van der Waals surface area contributed by atoms with Crippen LogP contribution in [-0.2, 0) is 0 Å². The zero-order valence-electron chi connectivity index (χ0n) is 11.5. The Labute approximate surface area is 128 Å². The summed E-state index contributed by atoms with van der Waals surface area (Å²) in [4.78, 5) is 8.22. The Balaban J connectivity index is 2.23. The van der Waals surface area contributed by atoms with Crippen LogP contribution < -0.4 is 16.4 Å². The second kappa shape index (κ2) is 6.77. The van der Waals surface area contributed by atoms with E-state index < -0.39 is 0 Å². The van der Waals surface area contributed by atoms with Gasteiger partial charge in [0.2, 0.25) is 5.95 Å². The van der Waals surface area contributed by atoms with E-state index in [-0.39, 0.29) is 5.95 Å². The molecule has 4 N–H and O–H groups in total. The van der Waals surface area contributed by atoms with E-state index in [0.717, 1.165) is 13.0 Å². The van der Waals surface area contributed by atoms with Gasteiger partial charge in [0.1, 0.15) is 11.6 Å². The van der Waals surface area contributed by atoms with Gasteiger partial charge in [-0.2, -0.15) is 15.2 Å². The molecule has 0 bridgehead atoms. The van der Waals surface area contributed by atoms with Crippen molar-refractivity contribution >= 4 is 34.9 Å². The van der Waals surface area contributed by atoms with Crippen LogP contribution in [0.15, 0.2) is 24.3 Å². The minimum Gasteiger partial charge on any atom is -0.370 e. The predicted molar refractivity (Wildman–Crippen MR) is 84.7 cm³/mol. The molecular formula is C14H15ClN6. The molecule has 0 saturated carbocycles. The SMILES string of the molecule is CCCNc1cc(Nc2ccc(C#N)cc2Cl)nc(N)n1. The molecule has 0 fully saturated rings. The third kappa shape index (κ3) is 3.97. The molecule has 0 unspecified atom stereocenters. The molecule has 2 aromatic rings. The number of nitrogen functional groups attached to an aromatic ring is 1. The number of nitrogens with zero attached hydrogens (tertiary/aromatic N) is 3. The van der Waals surface area contributed by atoms with Crippen LogP contribution in [0.3, 0.4) is 0 Å². The van der Waals surface area contributed by atoms with Crippen LogP contribution in [0, 0.1) is 11.3 Å². The topological polar surface area (TPSA) is 99.6 Å². The fourth-order valence-corrected chi connectivity index (χ4v) is 1.93. The quantitative estimate of drug-likeness (QED) is 0.784. The minimum absolute atomic E-state index is 0.170. The number of aromatic nitrogens is 2. The first-order valence-corrected chi connectivity index (χ1v) is 6.85. The summed E-state index contributed by atoms with van der Waals surface area (Å²) in [6, 6.07) is 8.77. The highest BCUT2D eigenvalue weighted by Gasteiger charge is 2.06. The number of nitrogens with one attached hydrogen (secondary N) is 2. The van der Waals surface area contributed by atoms with Crippen LogP contribution >= 0.6 is 11.6 Å². The standard InChI is InChI=1S/C14H15ClN6/c1-2-5-18-12-7-13(21-14(17)20-12)19-11-4-3-9(8-16)6-10(11)15/h3-4,6-7H,2,5H2,1H3,(H4,17,18,19,20,21). The molecule has 0 spiro atoms. The maximum absolute atomic E-state index is 8.82. The van der Waals surface area contributed by atoms with E-state index >= 15 is 0 Å². The van der Waals surface area contributed by atoms with E-state index in [1.165, 1.54) is 0 Å². The third-order valence-corrected chi connectivity index (χ3v) is 2.97. The molecule has 108 valence electrons. The van der Waals surface area contributed by atoms with Gasteiger partial charge in [-0.1, -0.05) is 18.5 Å². The van der Waals surface area contributed by atoms with Gasteiger partial charge in [-0.05, 0) is 24.6 Å². The van der Waals surface area contributed by atoms with Gasteiger partial charge in [0, 0.05) is 12.6 Å². The maximum atomic E-state index is 8.82. The first kappa shape index (κ1) is 14.9. The van der Waals surface area contributed by atoms with E-state index in [1.807, 2.05) is 6.07 Å². The summed E-state index contributed by atoms with van der Waals surface area (Å²) in [7, 11) is 0. The fourth-order valence-electron chi connectivity index (χ4n) is 1.70.